The highest BCUT2D eigenvalue weighted by atomic mass is 19.1. The van der Waals surface area contributed by atoms with E-state index in [1.54, 1.807) is 0 Å². The summed E-state index contributed by atoms with van der Waals surface area (Å²) >= 11 is 0. The van der Waals surface area contributed by atoms with Crippen LogP contribution in [0.3, 0.4) is 0 Å². The summed E-state index contributed by atoms with van der Waals surface area (Å²) in [5.41, 5.74) is 0. The maximum atomic E-state index is 10.7. The van der Waals surface area contributed by atoms with E-state index in [1.165, 1.54) is 0 Å². The minimum absolute atomic E-state index is 0.375. The zero-order valence-corrected chi connectivity index (χ0v) is 2.69. The molecule has 0 amide bonds. The molecule has 0 aliphatic heterocycles. The summed E-state index contributed by atoms with van der Waals surface area (Å²) < 4.78 is 10.7. The van der Waals surface area contributed by atoms with Crippen LogP contribution in [0.1, 0.15) is 0 Å². The summed E-state index contributed by atoms with van der Waals surface area (Å²) in [4.78, 5) is 0. The average molecular weight is 71.1 g/mol. The highest BCUT2D eigenvalue weighted by molar-refractivity contribution is 4.89. The summed E-state index contributed by atoms with van der Waals surface area (Å²) in [5, 5.41) is 0. The molecule has 27 valence electrons. The minimum Gasteiger partial charge on any atom is -0.216 e. The molecule has 1 heteroatoms. The molecule has 0 bridgehead atoms. The first-order valence-corrected chi connectivity index (χ1v) is 1.22. The summed E-state index contributed by atoms with van der Waals surface area (Å²) in [5.74, 6) is 0. The Bertz CT molecular complexity index is 45.6. The predicted molar refractivity (Wildman–Crippen MR) is 19.1 cm³/mol. The predicted octanol–water partition coefficient (Wildman–Crippen LogP) is 1.46. The molecule has 0 saturated carbocycles. The highest BCUT2D eigenvalue weighted by Crippen LogP contribution is 1.68. The van der Waals surface area contributed by atoms with Crippen LogP contribution in [0.4, 0.5) is 4.39 Å². The van der Waals surface area contributed by atoms with Gasteiger partial charge in [0.25, 0.3) is 0 Å². The summed E-state index contributed by atoms with van der Waals surface area (Å²) in [6, 6.07) is 0. The molecule has 0 aromatic heterocycles. The van der Waals surface area contributed by atoms with Gasteiger partial charge in [0.2, 0.25) is 0 Å². The van der Waals surface area contributed by atoms with E-state index >= 15 is 0 Å². The molecule has 0 heterocycles. The van der Waals surface area contributed by atoms with E-state index in [4.69, 9.17) is 0 Å². The number of allylic oxidation sites excluding steroid dienone is 2. The maximum Gasteiger partial charge on any atom is 0.0866 e. The lowest BCUT2D eigenvalue weighted by Crippen LogP contribution is -1.31. The third-order valence-electron chi connectivity index (χ3n) is 0.184. The van der Waals surface area contributed by atoms with E-state index in [9.17, 15) is 4.39 Å². The number of hydrogen-bond acceptors (Lipinski definition) is 0. The molecule has 0 fully saturated rings. The van der Waals surface area contributed by atoms with Gasteiger partial charge in [0.1, 0.15) is 0 Å². The number of hydrogen-bond donors (Lipinski definition) is 0. The van der Waals surface area contributed by atoms with Crippen molar-refractivity contribution in [3.8, 4) is 0 Å². The largest absolute Gasteiger partial charge is 0.216 e. The molecule has 0 aromatic rings. The molecule has 0 saturated heterocycles. The second-order valence-electron chi connectivity index (χ2n) is 0.511. The zero-order valence-electron chi connectivity index (χ0n) is 2.69. The monoisotopic (exact) mass is 71.0 g/mol. The first kappa shape index (κ1) is 4.41. The van der Waals surface area contributed by atoms with Crippen molar-refractivity contribution >= 4 is 0 Å². The Hall–Kier alpha value is -0.590. The van der Waals surface area contributed by atoms with Crippen LogP contribution in [-0.2, 0) is 0 Å². The average Bonchev–Trinajstić information content (AvgIpc) is 1.41. The third kappa shape index (κ3) is 3.41. The van der Waals surface area contributed by atoms with Gasteiger partial charge in [-0.3, -0.25) is 0 Å². The lowest BCUT2D eigenvalue weighted by atomic mass is 10.6. The van der Waals surface area contributed by atoms with Gasteiger partial charge in [0, 0.05) is 0 Å². The molecular weight excluding hydrogens is 67.0 g/mol. The van der Waals surface area contributed by atoms with Gasteiger partial charge in [-0.25, -0.2) is 4.39 Å². The fraction of sp³-hybridized carbons (Fsp3) is 0. The molecule has 0 aliphatic rings. The molecule has 0 nitrogen and oxygen atoms in total. The molecule has 5 heavy (non-hydrogen) atoms. The molecule has 0 atom stereocenters. The Morgan fingerprint density at radius 2 is 2.20 bits per heavy atom. The minimum atomic E-state index is 0.375. The van der Waals surface area contributed by atoms with Crippen molar-refractivity contribution in [3.05, 3.63) is 25.1 Å². The molecule has 0 aliphatic carbocycles. The van der Waals surface area contributed by atoms with Gasteiger partial charge in [0.05, 0.1) is 6.33 Å². The smallest absolute Gasteiger partial charge is 0.0866 e. The molecule has 0 aromatic carbocycles. The van der Waals surface area contributed by atoms with Gasteiger partial charge < -0.3 is 0 Å². The van der Waals surface area contributed by atoms with Gasteiger partial charge in [-0.1, -0.05) is 12.7 Å². The summed E-state index contributed by atoms with van der Waals surface area (Å²) in [6.45, 7) is 4.69. The van der Waals surface area contributed by atoms with Gasteiger partial charge >= 0.3 is 0 Å². The summed E-state index contributed by atoms with van der Waals surface area (Å²) in [6.07, 6.45) is 2.61. The number of halogens is 1. The normalized spacial score (nSPS) is 9.00. The molecule has 0 rings (SSSR count). The third-order valence-corrected chi connectivity index (χ3v) is 0.184. The standard InChI is InChI=1S/C4H4F/c1-2-3-4-5/h1-4H. The molecular formula is C4H4F. The van der Waals surface area contributed by atoms with Gasteiger partial charge in [-0.15, -0.1) is 0 Å². The van der Waals surface area contributed by atoms with Crippen molar-refractivity contribution in [1.82, 2.24) is 0 Å². The van der Waals surface area contributed by atoms with Crippen LogP contribution in [0, 0.1) is 6.58 Å². The first-order chi connectivity index (χ1) is 2.41. The molecule has 1 radical (unpaired) electrons. The Labute approximate surface area is 30.6 Å². The first-order valence-electron chi connectivity index (χ1n) is 1.22. The zero-order chi connectivity index (χ0) is 4.12. The van der Waals surface area contributed by atoms with E-state index in [0.29, 0.717) is 6.33 Å². The van der Waals surface area contributed by atoms with Crippen molar-refractivity contribution in [3.63, 3.8) is 0 Å². The number of rotatable bonds is 1. The van der Waals surface area contributed by atoms with Crippen LogP contribution in [0.5, 0.6) is 0 Å². The van der Waals surface area contributed by atoms with Crippen LogP contribution in [0.2, 0.25) is 0 Å². The van der Waals surface area contributed by atoms with Crippen LogP contribution in [0.15, 0.2) is 18.5 Å². The lowest BCUT2D eigenvalue weighted by Gasteiger charge is -1.52. The SMILES string of the molecule is [CH]=CC=CF. The fourth-order valence-electron chi connectivity index (χ4n) is 0.0420. The van der Waals surface area contributed by atoms with Crippen molar-refractivity contribution in [1.29, 1.82) is 0 Å². The van der Waals surface area contributed by atoms with Crippen molar-refractivity contribution in [2.24, 2.45) is 0 Å². The Morgan fingerprint density at radius 3 is 2.20 bits per heavy atom. The Kier molecular flexibility index (Phi) is 3.01. The molecule has 0 spiro atoms. The van der Waals surface area contributed by atoms with E-state index in [0.717, 1.165) is 12.2 Å². The second kappa shape index (κ2) is 3.41. The molecule has 0 unspecified atom stereocenters. The van der Waals surface area contributed by atoms with Crippen molar-refractivity contribution < 1.29 is 4.39 Å². The Balaban J connectivity index is 2.92. The van der Waals surface area contributed by atoms with E-state index < -0.39 is 0 Å². The van der Waals surface area contributed by atoms with E-state index in [-0.39, 0.29) is 0 Å². The summed E-state index contributed by atoms with van der Waals surface area (Å²) in [7, 11) is 0. The van der Waals surface area contributed by atoms with Crippen LogP contribution < -0.4 is 0 Å². The van der Waals surface area contributed by atoms with Gasteiger partial charge in [-0.2, -0.15) is 0 Å². The van der Waals surface area contributed by atoms with Crippen LogP contribution >= 0.6 is 0 Å². The van der Waals surface area contributed by atoms with Crippen molar-refractivity contribution in [2.45, 2.75) is 0 Å². The Morgan fingerprint density at radius 1 is 1.60 bits per heavy atom. The fourth-order valence-corrected chi connectivity index (χ4v) is 0.0420. The van der Waals surface area contributed by atoms with Crippen molar-refractivity contribution in [2.75, 3.05) is 0 Å². The van der Waals surface area contributed by atoms with E-state index in [2.05, 4.69) is 6.58 Å². The quantitative estimate of drug-likeness (QED) is 0.410. The lowest BCUT2D eigenvalue weighted by molar-refractivity contribution is 0.721. The molecule has 0 N–H and O–H groups in total. The van der Waals surface area contributed by atoms with Crippen LogP contribution in [0.25, 0.3) is 0 Å². The van der Waals surface area contributed by atoms with Crippen LogP contribution in [-0.4, -0.2) is 0 Å². The van der Waals surface area contributed by atoms with Gasteiger partial charge in [0.15, 0.2) is 0 Å². The van der Waals surface area contributed by atoms with E-state index in [1.807, 2.05) is 0 Å². The highest BCUT2D eigenvalue weighted by Gasteiger charge is 1.46. The maximum absolute atomic E-state index is 10.7. The topological polar surface area (TPSA) is 0 Å². The second-order valence-corrected chi connectivity index (χ2v) is 0.511. The van der Waals surface area contributed by atoms with Gasteiger partial charge in [-0.05, 0) is 6.08 Å².